The number of alkyl halides is 1. The molecule has 41 heavy (non-hydrogen) atoms. The molecule has 0 spiro atoms. The molecule has 7 rings (SSSR count). The lowest BCUT2D eigenvalue weighted by atomic mass is 9.95. The summed E-state index contributed by atoms with van der Waals surface area (Å²) in [7, 11) is 0. The lowest BCUT2D eigenvalue weighted by molar-refractivity contribution is 0.107. The quantitative estimate of drug-likeness (QED) is 0.409. The number of pyridine rings is 1. The molecule has 4 aliphatic rings. The van der Waals surface area contributed by atoms with Gasteiger partial charge in [-0.15, -0.1) is 6.42 Å². The average molecular weight is 561 g/mol. The zero-order valence-electron chi connectivity index (χ0n) is 23.2. The van der Waals surface area contributed by atoms with E-state index in [0.717, 1.165) is 57.3 Å². The summed E-state index contributed by atoms with van der Waals surface area (Å²) in [5, 5.41) is 3.96. The molecule has 0 saturated carbocycles. The van der Waals surface area contributed by atoms with Gasteiger partial charge in [0.2, 0.25) is 5.82 Å². The Morgan fingerprint density at radius 1 is 1.22 bits per heavy atom. The van der Waals surface area contributed by atoms with Gasteiger partial charge in [-0.05, 0) is 58.2 Å². The molecule has 4 aliphatic heterocycles. The molecule has 214 valence electrons. The summed E-state index contributed by atoms with van der Waals surface area (Å²) in [5.74, 6) is 2.79. The summed E-state index contributed by atoms with van der Waals surface area (Å²) in [6, 6.07) is 6.00. The van der Waals surface area contributed by atoms with E-state index in [1.807, 2.05) is 12.1 Å². The van der Waals surface area contributed by atoms with E-state index in [1.54, 1.807) is 12.3 Å². The van der Waals surface area contributed by atoms with Crippen LogP contribution in [-0.4, -0.2) is 70.4 Å². The molecular formula is C31H34F2N6O2. The predicted molar refractivity (Wildman–Crippen MR) is 152 cm³/mol. The molecule has 6 heterocycles. The maximum Gasteiger partial charge on any atom is 0.317 e. The molecule has 0 aliphatic carbocycles. The minimum absolute atomic E-state index is 0.0551. The van der Waals surface area contributed by atoms with Crippen LogP contribution in [0.4, 0.5) is 14.6 Å². The highest BCUT2D eigenvalue weighted by Gasteiger charge is 2.49. The van der Waals surface area contributed by atoms with Gasteiger partial charge in [0.25, 0.3) is 5.88 Å². The van der Waals surface area contributed by atoms with Crippen LogP contribution >= 0.6 is 0 Å². The zero-order valence-corrected chi connectivity index (χ0v) is 23.2. The van der Waals surface area contributed by atoms with Gasteiger partial charge in [-0.3, -0.25) is 4.90 Å². The maximum atomic E-state index is 16.3. The van der Waals surface area contributed by atoms with Crippen LogP contribution in [0, 0.1) is 18.2 Å². The first-order valence-corrected chi connectivity index (χ1v) is 14.6. The fourth-order valence-electron chi connectivity index (χ4n) is 6.94. The van der Waals surface area contributed by atoms with Gasteiger partial charge in [-0.1, -0.05) is 18.1 Å². The monoisotopic (exact) mass is 560 g/mol. The number of nitrogens with one attached hydrogen (secondary N) is 1. The van der Waals surface area contributed by atoms with Gasteiger partial charge in [0.15, 0.2) is 0 Å². The van der Waals surface area contributed by atoms with E-state index >= 15 is 4.39 Å². The van der Waals surface area contributed by atoms with Crippen molar-refractivity contribution in [2.75, 3.05) is 37.7 Å². The molecule has 2 aromatic heterocycles. The Kier molecular flexibility index (Phi) is 6.67. The van der Waals surface area contributed by atoms with Gasteiger partial charge in [0.05, 0.1) is 16.5 Å². The number of ether oxygens (including phenoxy) is 2. The van der Waals surface area contributed by atoms with E-state index in [2.05, 4.69) is 42.9 Å². The molecule has 4 atom stereocenters. The highest BCUT2D eigenvalue weighted by molar-refractivity contribution is 5.91. The number of benzene rings is 1. The third kappa shape index (κ3) is 4.56. The van der Waals surface area contributed by atoms with Crippen molar-refractivity contribution in [3.63, 3.8) is 0 Å². The number of hydrogen-bond donors (Lipinski definition) is 1. The third-order valence-electron chi connectivity index (χ3n) is 9.27. The fraction of sp³-hybridized carbons (Fsp3) is 0.516. The summed E-state index contributed by atoms with van der Waals surface area (Å²) in [5.41, 5.74) is 1.13. The second-order valence-corrected chi connectivity index (χ2v) is 11.8. The number of aromatic nitrogens is 3. The Morgan fingerprint density at radius 2 is 2.12 bits per heavy atom. The lowest BCUT2D eigenvalue weighted by Crippen LogP contribution is -2.46. The van der Waals surface area contributed by atoms with Crippen molar-refractivity contribution in [3.8, 4) is 30.0 Å². The Morgan fingerprint density at radius 3 is 2.88 bits per heavy atom. The number of hydrogen-bond acceptors (Lipinski definition) is 8. The highest BCUT2D eigenvalue weighted by atomic mass is 19.1. The van der Waals surface area contributed by atoms with Crippen LogP contribution in [0.2, 0.25) is 0 Å². The second-order valence-electron chi connectivity index (χ2n) is 11.8. The lowest BCUT2D eigenvalue weighted by Gasteiger charge is -2.40. The summed E-state index contributed by atoms with van der Waals surface area (Å²) < 4.78 is 42.8. The topological polar surface area (TPSA) is 75.6 Å². The van der Waals surface area contributed by atoms with Crippen molar-refractivity contribution in [2.24, 2.45) is 0 Å². The van der Waals surface area contributed by atoms with E-state index < -0.39 is 12.0 Å². The fourth-order valence-corrected chi connectivity index (χ4v) is 6.94. The number of fused-ring (bicyclic) bond motifs is 2. The van der Waals surface area contributed by atoms with Gasteiger partial charge < -0.3 is 19.7 Å². The SMILES string of the molecule is C#Cc1cccc(C2CCCN2)c1Oc1nc(N2CC[C@@H]2C)c2cnc(OC[C@@]34CCCN3C[C@H](F)C4)nc2c1F. The van der Waals surface area contributed by atoms with E-state index in [1.165, 1.54) is 0 Å². The molecular weight excluding hydrogens is 526 g/mol. The molecule has 0 amide bonds. The van der Waals surface area contributed by atoms with Gasteiger partial charge >= 0.3 is 6.01 Å². The minimum atomic E-state index is -0.865. The van der Waals surface area contributed by atoms with Gasteiger partial charge in [-0.2, -0.15) is 14.4 Å². The Hall–Kier alpha value is -3.55. The summed E-state index contributed by atoms with van der Waals surface area (Å²) in [6.45, 7) is 5.33. The highest BCUT2D eigenvalue weighted by Crippen LogP contribution is 2.42. The third-order valence-corrected chi connectivity index (χ3v) is 9.27. The van der Waals surface area contributed by atoms with Crippen molar-refractivity contribution < 1.29 is 18.3 Å². The predicted octanol–water partition coefficient (Wildman–Crippen LogP) is 4.92. The van der Waals surface area contributed by atoms with Crippen molar-refractivity contribution >= 4 is 16.7 Å². The molecule has 1 N–H and O–H groups in total. The number of halogens is 2. The summed E-state index contributed by atoms with van der Waals surface area (Å²) in [4.78, 5) is 17.9. The number of terminal acetylenes is 1. The second kappa shape index (κ2) is 10.4. The minimum Gasteiger partial charge on any atom is -0.461 e. The Balaban J connectivity index is 1.27. The smallest absolute Gasteiger partial charge is 0.317 e. The molecule has 3 aromatic rings. The largest absolute Gasteiger partial charge is 0.461 e. The van der Waals surface area contributed by atoms with Crippen LogP contribution < -0.4 is 19.7 Å². The molecule has 4 fully saturated rings. The van der Waals surface area contributed by atoms with Crippen LogP contribution in [-0.2, 0) is 0 Å². The van der Waals surface area contributed by atoms with Crippen molar-refractivity contribution in [1.82, 2.24) is 25.2 Å². The normalized spacial score (nSPS) is 27.6. The van der Waals surface area contributed by atoms with Gasteiger partial charge in [0.1, 0.15) is 29.9 Å². The average Bonchev–Trinajstić information content (AvgIpc) is 3.70. The van der Waals surface area contributed by atoms with Crippen LogP contribution in [0.25, 0.3) is 10.9 Å². The molecule has 0 bridgehead atoms. The van der Waals surface area contributed by atoms with Gasteiger partial charge in [-0.25, -0.2) is 9.37 Å². The maximum absolute atomic E-state index is 16.3. The number of rotatable bonds is 7. The van der Waals surface area contributed by atoms with Crippen LogP contribution in [0.15, 0.2) is 24.4 Å². The number of nitrogens with zero attached hydrogens (tertiary/aromatic N) is 5. The molecule has 4 saturated heterocycles. The molecule has 1 unspecified atom stereocenters. The van der Waals surface area contributed by atoms with E-state index in [4.69, 9.17) is 15.9 Å². The van der Waals surface area contributed by atoms with E-state index in [-0.39, 0.29) is 41.6 Å². The first-order chi connectivity index (χ1) is 20.0. The number of anilines is 1. The van der Waals surface area contributed by atoms with Crippen molar-refractivity contribution in [1.29, 1.82) is 0 Å². The Bertz CT molecular complexity index is 1520. The first kappa shape index (κ1) is 26.4. The summed E-state index contributed by atoms with van der Waals surface area (Å²) in [6.07, 6.45) is 11.8. The first-order valence-electron chi connectivity index (χ1n) is 14.6. The van der Waals surface area contributed by atoms with Crippen LogP contribution in [0.3, 0.4) is 0 Å². The van der Waals surface area contributed by atoms with Crippen molar-refractivity contribution in [3.05, 3.63) is 41.3 Å². The molecule has 0 radical (unpaired) electrons. The van der Waals surface area contributed by atoms with Gasteiger partial charge in [0, 0.05) is 43.4 Å². The van der Waals surface area contributed by atoms with Crippen LogP contribution in [0.5, 0.6) is 17.6 Å². The Labute approximate surface area is 238 Å². The van der Waals surface area contributed by atoms with E-state index in [9.17, 15) is 4.39 Å². The zero-order chi connectivity index (χ0) is 28.1. The number of para-hydroxylation sites is 1. The summed E-state index contributed by atoms with van der Waals surface area (Å²) >= 11 is 0. The standard InChI is InChI=1S/C31H34F2N6O2/c1-3-20-7-4-8-22(24-9-5-12-34-24)27(20)41-29-25(33)26-23(28(37-29)39-14-10-19(39)2)16-35-30(36-26)40-18-31-11-6-13-38(31)17-21(32)15-31/h1,4,7-8,16,19,21,24,34H,5-6,9-15,17-18H2,2H3/t19-,21+,24?,31-/m0/s1. The van der Waals surface area contributed by atoms with Crippen LogP contribution in [0.1, 0.15) is 62.6 Å². The molecule has 10 heteroatoms. The van der Waals surface area contributed by atoms with Crippen molar-refractivity contribution in [2.45, 2.75) is 69.2 Å². The molecule has 1 aromatic carbocycles. The molecule has 8 nitrogen and oxygen atoms in total. The van der Waals surface area contributed by atoms with E-state index in [0.29, 0.717) is 35.5 Å².